The van der Waals surface area contributed by atoms with Gasteiger partial charge in [-0.05, 0) is 44.4 Å². The molecule has 0 unspecified atom stereocenters. The summed E-state index contributed by atoms with van der Waals surface area (Å²) in [4.78, 5) is 12.6. The summed E-state index contributed by atoms with van der Waals surface area (Å²) in [7, 11) is 0. The molecule has 2 aromatic carbocycles. The average Bonchev–Trinajstić information content (AvgIpc) is 2.51. The Labute approximate surface area is 131 Å². The zero-order valence-electron chi connectivity index (χ0n) is 13.0. The van der Waals surface area contributed by atoms with E-state index >= 15 is 0 Å². The highest BCUT2D eigenvalue weighted by atomic mass is 16.5. The summed E-state index contributed by atoms with van der Waals surface area (Å²) in [5, 5.41) is 0. The van der Waals surface area contributed by atoms with Gasteiger partial charge in [-0.2, -0.15) is 0 Å². The molecule has 0 atom stereocenters. The second kappa shape index (κ2) is 6.18. The van der Waals surface area contributed by atoms with E-state index in [-0.39, 0.29) is 11.9 Å². The van der Waals surface area contributed by atoms with Crippen LogP contribution in [0.5, 0.6) is 5.75 Å². The van der Waals surface area contributed by atoms with Gasteiger partial charge in [-0.25, -0.2) is 0 Å². The average molecular weight is 292 g/mol. The number of Topliss-reactive ketones (excluding diaryl/α,β-unsaturated/α-hetero) is 1. The number of fused-ring (bicyclic) bond motifs is 1. The molecule has 1 aliphatic carbocycles. The largest absolute Gasteiger partial charge is 0.490 e. The zero-order valence-corrected chi connectivity index (χ0v) is 13.0. The Kier molecular flexibility index (Phi) is 4.10. The summed E-state index contributed by atoms with van der Waals surface area (Å²) in [6.45, 7) is 4.01. The fraction of sp³-hybridized carbons (Fsp3) is 0.250. The van der Waals surface area contributed by atoms with Crippen LogP contribution in [-0.4, -0.2) is 11.9 Å². The molecule has 0 aromatic heterocycles. The molecule has 0 bridgehead atoms. The van der Waals surface area contributed by atoms with E-state index in [1.54, 1.807) is 0 Å². The van der Waals surface area contributed by atoms with Crippen LogP contribution < -0.4 is 4.74 Å². The maximum Gasteiger partial charge on any atom is 0.189 e. The van der Waals surface area contributed by atoms with Crippen LogP contribution in [0.25, 0.3) is 6.08 Å². The van der Waals surface area contributed by atoms with Gasteiger partial charge in [0.15, 0.2) is 5.78 Å². The van der Waals surface area contributed by atoms with Crippen LogP contribution in [0.15, 0.2) is 54.1 Å². The van der Waals surface area contributed by atoms with Gasteiger partial charge in [0.25, 0.3) is 0 Å². The van der Waals surface area contributed by atoms with Gasteiger partial charge in [0.1, 0.15) is 5.75 Å². The summed E-state index contributed by atoms with van der Waals surface area (Å²) >= 11 is 0. The number of ether oxygens (including phenoxy) is 1. The highest BCUT2D eigenvalue weighted by Crippen LogP contribution is 2.29. The third kappa shape index (κ3) is 2.96. The molecule has 0 amide bonds. The summed E-state index contributed by atoms with van der Waals surface area (Å²) in [6.07, 6.45) is 3.80. The number of carbonyl (C=O) groups excluding carboxylic acids is 1. The Morgan fingerprint density at radius 1 is 1.00 bits per heavy atom. The highest BCUT2D eigenvalue weighted by molar-refractivity contribution is 6.13. The first-order chi connectivity index (χ1) is 10.6. The third-order valence-electron chi connectivity index (χ3n) is 3.83. The molecule has 0 radical (unpaired) electrons. The van der Waals surface area contributed by atoms with E-state index in [9.17, 15) is 4.79 Å². The lowest BCUT2D eigenvalue weighted by atomic mass is 9.86. The molecule has 0 saturated carbocycles. The topological polar surface area (TPSA) is 26.3 Å². The Bertz CT molecular complexity index is 726. The number of aryl methyl sites for hydroxylation is 1. The minimum Gasteiger partial charge on any atom is -0.490 e. The second-order valence-corrected chi connectivity index (χ2v) is 5.86. The Morgan fingerprint density at radius 2 is 1.73 bits per heavy atom. The lowest BCUT2D eigenvalue weighted by Gasteiger charge is -2.18. The Balaban J connectivity index is 1.96. The van der Waals surface area contributed by atoms with Crippen molar-refractivity contribution < 1.29 is 9.53 Å². The molecule has 112 valence electrons. The van der Waals surface area contributed by atoms with Gasteiger partial charge in [-0.15, -0.1) is 0 Å². The van der Waals surface area contributed by atoms with Gasteiger partial charge in [-0.1, -0.05) is 42.5 Å². The minimum absolute atomic E-state index is 0.113. The van der Waals surface area contributed by atoms with Crippen molar-refractivity contribution in [3.63, 3.8) is 0 Å². The van der Waals surface area contributed by atoms with Crippen LogP contribution in [0.2, 0.25) is 0 Å². The van der Waals surface area contributed by atoms with Crippen molar-refractivity contribution in [1.82, 2.24) is 0 Å². The number of rotatable bonds is 3. The number of carbonyl (C=O) groups is 1. The van der Waals surface area contributed by atoms with Crippen molar-refractivity contribution in [2.45, 2.75) is 32.8 Å². The summed E-state index contributed by atoms with van der Waals surface area (Å²) in [5.74, 6) is 0.970. The first-order valence-corrected chi connectivity index (χ1v) is 7.74. The number of para-hydroxylation sites is 1. The van der Waals surface area contributed by atoms with Gasteiger partial charge in [-0.3, -0.25) is 4.79 Å². The number of hydrogen-bond acceptors (Lipinski definition) is 2. The standard InChI is InChI=1S/C20H20O2/c1-14(2)22-19-10-6-4-8-16(19)13-17-12-11-15-7-3-5-9-18(15)20(17)21/h3-10,13-14H,11-12H2,1-2H3. The SMILES string of the molecule is CC(C)Oc1ccccc1C=C1CCc2ccccc2C1=O. The molecule has 0 N–H and O–H groups in total. The smallest absolute Gasteiger partial charge is 0.189 e. The van der Waals surface area contributed by atoms with Crippen molar-refractivity contribution in [2.24, 2.45) is 0 Å². The number of allylic oxidation sites excluding steroid dienone is 1. The Morgan fingerprint density at radius 3 is 2.55 bits per heavy atom. The summed E-state index contributed by atoms with van der Waals surface area (Å²) < 4.78 is 5.84. The quantitative estimate of drug-likeness (QED) is 0.767. The molecule has 0 aliphatic heterocycles. The van der Waals surface area contributed by atoms with E-state index in [4.69, 9.17) is 4.74 Å². The predicted molar refractivity (Wildman–Crippen MR) is 89.3 cm³/mol. The van der Waals surface area contributed by atoms with Crippen molar-refractivity contribution in [3.05, 3.63) is 70.8 Å². The van der Waals surface area contributed by atoms with Crippen LogP contribution in [0, 0.1) is 0 Å². The van der Waals surface area contributed by atoms with E-state index in [0.717, 1.165) is 40.9 Å². The van der Waals surface area contributed by atoms with Crippen LogP contribution in [0.1, 0.15) is 41.8 Å². The normalized spacial score (nSPS) is 16.0. The maximum absolute atomic E-state index is 12.6. The molecular formula is C20H20O2. The molecule has 2 aromatic rings. The van der Waals surface area contributed by atoms with Crippen molar-refractivity contribution in [1.29, 1.82) is 0 Å². The molecule has 3 rings (SSSR count). The van der Waals surface area contributed by atoms with Crippen molar-refractivity contribution in [2.75, 3.05) is 0 Å². The first kappa shape index (κ1) is 14.6. The molecule has 0 saturated heterocycles. The minimum atomic E-state index is 0.113. The van der Waals surface area contributed by atoms with Gasteiger partial charge >= 0.3 is 0 Å². The van der Waals surface area contributed by atoms with Crippen LogP contribution in [0.3, 0.4) is 0 Å². The van der Waals surface area contributed by atoms with Crippen LogP contribution in [-0.2, 0) is 6.42 Å². The second-order valence-electron chi connectivity index (χ2n) is 5.86. The number of ketones is 1. The zero-order chi connectivity index (χ0) is 15.5. The Hall–Kier alpha value is -2.35. The fourth-order valence-electron chi connectivity index (χ4n) is 2.80. The first-order valence-electron chi connectivity index (χ1n) is 7.74. The number of hydrogen-bond donors (Lipinski definition) is 0. The highest BCUT2D eigenvalue weighted by Gasteiger charge is 2.21. The van der Waals surface area contributed by atoms with Gasteiger partial charge in [0.05, 0.1) is 6.10 Å². The third-order valence-corrected chi connectivity index (χ3v) is 3.83. The van der Waals surface area contributed by atoms with E-state index in [2.05, 4.69) is 0 Å². The summed E-state index contributed by atoms with van der Waals surface area (Å²) in [6, 6.07) is 15.8. The van der Waals surface area contributed by atoms with E-state index in [1.165, 1.54) is 0 Å². The lowest BCUT2D eigenvalue weighted by molar-refractivity contribution is 0.102. The van der Waals surface area contributed by atoms with Gasteiger partial charge in [0, 0.05) is 16.7 Å². The fourth-order valence-corrected chi connectivity index (χ4v) is 2.80. The predicted octanol–water partition coefficient (Wildman–Crippen LogP) is 4.69. The molecular weight excluding hydrogens is 272 g/mol. The molecule has 1 aliphatic rings. The molecule has 0 fully saturated rings. The maximum atomic E-state index is 12.6. The van der Waals surface area contributed by atoms with Crippen molar-refractivity contribution >= 4 is 11.9 Å². The van der Waals surface area contributed by atoms with Gasteiger partial charge in [0.2, 0.25) is 0 Å². The molecule has 0 spiro atoms. The lowest BCUT2D eigenvalue weighted by Crippen LogP contribution is -2.14. The molecule has 22 heavy (non-hydrogen) atoms. The van der Waals surface area contributed by atoms with Crippen LogP contribution >= 0.6 is 0 Å². The monoisotopic (exact) mass is 292 g/mol. The van der Waals surface area contributed by atoms with Gasteiger partial charge < -0.3 is 4.74 Å². The van der Waals surface area contributed by atoms with Crippen LogP contribution in [0.4, 0.5) is 0 Å². The molecule has 0 heterocycles. The molecule has 2 nitrogen and oxygen atoms in total. The van der Waals surface area contributed by atoms with Crippen molar-refractivity contribution in [3.8, 4) is 5.75 Å². The molecule has 2 heteroatoms. The van der Waals surface area contributed by atoms with E-state index in [0.29, 0.717) is 0 Å². The number of benzene rings is 2. The van der Waals surface area contributed by atoms with E-state index in [1.807, 2.05) is 68.5 Å². The van der Waals surface area contributed by atoms with E-state index < -0.39 is 0 Å². The summed E-state index contributed by atoms with van der Waals surface area (Å²) in [5.41, 5.74) is 3.82.